The lowest BCUT2D eigenvalue weighted by molar-refractivity contribution is -0.133. The molecule has 0 radical (unpaired) electrons. The zero-order valence-corrected chi connectivity index (χ0v) is 13.6. The Morgan fingerprint density at radius 1 is 1.04 bits per heavy atom. The van der Waals surface area contributed by atoms with Crippen LogP contribution in [0, 0.1) is 0 Å². The van der Waals surface area contributed by atoms with E-state index in [1.807, 2.05) is 30.3 Å². The van der Waals surface area contributed by atoms with Gasteiger partial charge in [0.05, 0.1) is 11.3 Å². The van der Waals surface area contributed by atoms with Crippen LogP contribution in [-0.4, -0.2) is 21.0 Å². The predicted molar refractivity (Wildman–Crippen MR) is 89.7 cm³/mol. The third kappa shape index (κ3) is 3.30. The van der Waals surface area contributed by atoms with E-state index in [4.69, 9.17) is 16.3 Å². The quantitative estimate of drug-likeness (QED) is 0.681. The molecule has 1 aliphatic rings. The Bertz CT molecular complexity index is 861. The maximum atomic E-state index is 12.1. The minimum Gasteiger partial charge on any atom is -0.457 e. The lowest BCUT2D eigenvalue weighted by Crippen LogP contribution is -1.98. The molecule has 0 unspecified atom stereocenters. The molecule has 0 bridgehead atoms. The van der Waals surface area contributed by atoms with E-state index in [0.717, 1.165) is 16.7 Å². The fourth-order valence-corrected chi connectivity index (χ4v) is 3.43. The molecule has 0 N–H and O–H groups in total. The second-order valence-electron chi connectivity index (χ2n) is 5.09. The lowest BCUT2D eigenvalue weighted by atomic mass is 9.96. The number of carbonyl (C=O) groups is 1. The summed E-state index contributed by atoms with van der Waals surface area (Å²) in [6.45, 7) is 0.175. The minimum atomic E-state index is -2.54. The van der Waals surface area contributed by atoms with Crippen molar-refractivity contribution < 1.29 is 17.9 Å². The highest BCUT2D eigenvalue weighted by molar-refractivity contribution is 7.71. The Labute approximate surface area is 140 Å². The van der Waals surface area contributed by atoms with Gasteiger partial charge in [0.25, 0.3) is 0 Å². The molecule has 4 nitrogen and oxygen atoms in total. The van der Waals surface area contributed by atoms with Gasteiger partial charge in [0, 0.05) is 10.6 Å². The number of rotatable bonds is 4. The molecule has 2 aromatic carbocycles. The molecule has 0 aromatic heterocycles. The summed E-state index contributed by atoms with van der Waals surface area (Å²) < 4.78 is 26.9. The summed E-state index contributed by atoms with van der Waals surface area (Å²) in [5, 5.41) is 0.362. The Balaban J connectivity index is 2.07. The molecular formula is C17H13ClO4S. The van der Waals surface area contributed by atoms with E-state index in [1.165, 1.54) is 0 Å². The van der Waals surface area contributed by atoms with Gasteiger partial charge in [0.2, 0.25) is 0 Å². The molecule has 0 amide bonds. The Morgan fingerprint density at radius 2 is 1.78 bits per heavy atom. The van der Waals surface area contributed by atoms with E-state index in [-0.39, 0.29) is 18.3 Å². The first-order valence-electron chi connectivity index (χ1n) is 6.92. The zero-order chi connectivity index (χ0) is 16.4. The van der Waals surface area contributed by atoms with Crippen molar-refractivity contribution in [2.24, 2.45) is 0 Å². The van der Waals surface area contributed by atoms with E-state index in [0.29, 0.717) is 16.2 Å². The highest BCUT2D eigenvalue weighted by atomic mass is 35.5. The van der Waals surface area contributed by atoms with E-state index < -0.39 is 10.7 Å². The molecule has 0 saturated heterocycles. The van der Waals surface area contributed by atoms with Crippen molar-refractivity contribution in [3.8, 4) is 0 Å². The minimum absolute atomic E-state index is 0.103. The van der Waals surface area contributed by atoms with Gasteiger partial charge in [-0.05, 0) is 22.8 Å². The van der Waals surface area contributed by atoms with Crippen LogP contribution in [-0.2, 0) is 26.0 Å². The molecule has 118 valence electrons. The molecule has 0 spiro atoms. The molecule has 1 aliphatic heterocycles. The number of benzene rings is 2. The average molecular weight is 349 g/mol. The standard InChI is InChI=1S/C17H13ClO4S/c18-15-8-12(6-7-13(15)10-23(20)21)14-9-22-17(19)16(14)11-4-2-1-3-5-11/h1-8,23H,9-10H2. The van der Waals surface area contributed by atoms with Gasteiger partial charge in [-0.3, -0.25) is 0 Å². The van der Waals surface area contributed by atoms with Gasteiger partial charge in [0.15, 0.2) is 0 Å². The summed E-state index contributed by atoms with van der Waals surface area (Å²) in [4.78, 5) is 12.1. The van der Waals surface area contributed by atoms with Crippen molar-refractivity contribution in [1.82, 2.24) is 0 Å². The van der Waals surface area contributed by atoms with Crippen LogP contribution in [0.15, 0.2) is 48.5 Å². The maximum absolute atomic E-state index is 12.1. The van der Waals surface area contributed by atoms with Crippen molar-refractivity contribution in [3.05, 3.63) is 70.2 Å². The number of thiol groups is 1. The Hall–Kier alpha value is -2.11. The number of hydrogen-bond donors (Lipinski definition) is 1. The van der Waals surface area contributed by atoms with Gasteiger partial charge in [-0.1, -0.05) is 54.1 Å². The van der Waals surface area contributed by atoms with Gasteiger partial charge < -0.3 is 4.74 Å². The normalized spacial score (nSPS) is 14.4. The number of esters is 1. The predicted octanol–water partition coefficient (Wildman–Crippen LogP) is 2.92. The van der Waals surface area contributed by atoms with Gasteiger partial charge in [-0.25, -0.2) is 13.2 Å². The summed E-state index contributed by atoms with van der Waals surface area (Å²) >= 11 is 6.17. The third-order valence-corrected chi connectivity index (χ3v) is 4.57. The summed E-state index contributed by atoms with van der Waals surface area (Å²) in [6.07, 6.45) is 0. The number of ether oxygens (including phenoxy) is 1. The summed E-state index contributed by atoms with van der Waals surface area (Å²) in [7, 11) is -2.54. The molecule has 23 heavy (non-hydrogen) atoms. The van der Waals surface area contributed by atoms with Gasteiger partial charge >= 0.3 is 5.97 Å². The highest BCUT2D eigenvalue weighted by Crippen LogP contribution is 2.34. The first-order valence-corrected chi connectivity index (χ1v) is 8.66. The van der Waals surface area contributed by atoms with Crippen molar-refractivity contribution in [2.75, 3.05) is 6.61 Å². The molecule has 0 aliphatic carbocycles. The summed E-state index contributed by atoms with van der Waals surface area (Å²) in [5.74, 6) is -0.469. The van der Waals surface area contributed by atoms with Crippen LogP contribution in [0.5, 0.6) is 0 Å². The molecule has 2 aromatic rings. The third-order valence-electron chi connectivity index (χ3n) is 3.62. The first-order chi connectivity index (χ1) is 11.1. The number of carbonyl (C=O) groups excluding carboxylic acids is 1. The number of halogens is 1. The fraction of sp³-hybridized carbons (Fsp3) is 0.118. The molecule has 0 fully saturated rings. The molecule has 3 rings (SSSR count). The van der Waals surface area contributed by atoms with Crippen molar-refractivity contribution >= 4 is 39.4 Å². The fourth-order valence-electron chi connectivity index (χ4n) is 2.53. The van der Waals surface area contributed by atoms with E-state index in [2.05, 4.69) is 0 Å². The molecule has 6 heteroatoms. The number of cyclic esters (lactones) is 1. The Morgan fingerprint density at radius 3 is 2.43 bits per heavy atom. The smallest absolute Gasteiger partial charge is 0.339 e. The van der Waals surface area contributed by atoms with Crippen LogP contribution in [0.1, 0.15) is 16.7 Å². The maximum Gasteiger partial charge on any atom is 0.339 e. The van der Waals surface area contributed by atoms with Crippen molar-refractivity contribution in [3.63, 3.8) is 0 Å². The van der Waals surface area contributed by atoms with Gasteiger partial charge in [-0.2, -0.15) is 0 Å². The SMILES string of the molecule is O=C1OCC(c2ccc(C[SH](=O)=O)c(Cl)c2)=C1c1ccccc1. The van der Waals surface area contributed by atoms with Crippen LogP contribution >= 0.6 is 11.6 Å². The number of hydrogen-bond acceptors (Lipinski definition) is 4. The van der Waals surface area contributed by atoms with Crippen LogP contribution in [0.3, 0.4) is 0 Å². The summed E-state index contributed by atoms with van der Waals surface area (Å²) in [5.41, 5.74) is 3.35. The van der Waals surface area contributed by atoms with Crippen LogP contribution < -0.4 is 0 Å². The monoisotopic (exact) mass is 348 g/mol. The van der Waals surface area contributed by atoms with E-state index in [9.17, 15) is 13.2 Å². The van der Waals surface area contributed by atoms with Crippen LogP contribution in [0.4, 0.5) is 0 Å². The topological polar surface area (TPSA) is 60.4 Å². The largest absolute Gasteiger partial charge is 0.457 e. The highest BCUT2D eigenvalue weighted by Gasteiger charge is 2.27. The van der Waals surface area contributed by atoms with Gasteiger partial charge in [0.1, 0.15) is 17.3 Å². The van der Waals surface area contributed by atoms with Crippen LogP contribution in [0.2, 0.25) is 5.02 Å². The second-order valence-corrected chi connectivity index (χ2v) is 6.48. The molecular weight excluding hydrogens is 336 g/mol. The zero-order valence-electron chi connectivity index (χ0n) is 12.0. The van der Waals surface area contributed by atoms with Crippen LogP contribution in [0.25, 0.3) is 11.1 Å². The molecule has 0 atom stereocenters. The lowest BCUT2D eigenvalue weighted by Gasteiger charge is -2.07. The van der Waals surface area contributed by atoms with Gasteiger partial charge in [-0.15, -0.1) is 0 Å². The van der Waals surface area contributed by atoms with Crippen molar-refractivity contribution in [1.29, 1.82) is 0 Å². The second kappa shape index (κ2) is 6.56. The average Bonchev–Trinajstić information content (AvgIpc) is 2.91. The summed E-state index contributed by atoms with van der Waals surface area (Å²) in [6, 6.07) is 14.4. The molecule has 0 saturated carbocycles. The van der Waals surface area contributed by atoms with E-state index in [1.54, 1.807) is 18.2 Å². The Kier molecular flexibility index (Phi) is 4.50. The molecule has 1 heterocycles. The van der Waals surface area contributed by atoms with Crippen molar-refractivity contribution in [2.45, 2.75) is 5.75 Å². The van der Waals surface area contributed by atoms with E-state index >= 15 is 0 Å². The first kappa shape index (κ1) is 15.8.